The number of benzene rings is 1. The number of aromatic amines is 1. The molecule has 0 fully saturated rings. The predicted molar refractivity (Wildman–Crippen MR) is 102 cm³/mol. The number of nitrogens with one attached hydrogen (secondary N) is 1. The van der Waals surface area contributed by atoms with Gasteiger partial charge in [-0.05, 0) is 25.5 Å². The van der Waals surface area contributed by atoms with Crippen LogP contribution in [0.25, 0.3) is 0 Å². The average Bonchev–Trinajstić information content (AvgIpc) is 2.91. The van der Waals surface area contributed by atoms with Gasteiger partial charge >= 0.3 is 0 Å². The van der Waals surface area contributed by atoms with Gasteiger partial charge in [0, 0.05) is 17.3 Å². The third-order valence-electron chi connectivity index (χ3n) is 4.27. The Bertz CT molecular complexity index is 1000. The van der Waals surface area contributed by atoms with E-state index in [-0.39, 0.29) is 10.8 Å². The zero-order chi connectivity index (χ0) is 17.4. The Morgan fingerprint density at radius 1 is 1.16 bits per heavy atom. The summed E-state index contributed by atoms with van der Waals surface area (Å²) in [4.78, 5) is 19.8. The minimum Gasteiger partial charge on any atom is -0.329 e. The zero-order valence-corrected chi connectivity index (χ0v) is 14.9. The van der Waals surface area contributed by atoms with E-state index >= 15 is 0 Å². The van der Waals surface area contributed by atoms with E-state index < -0.39 is 0 Å². The lowest BCUT2D eigenvalue weighted by Crippen LogP contribution is -2.17. The summed E-state index contributed by atoms with van der Waals surface area (Å²) < 4.78 is 1.94. The van der Waals surface area contributed by atoms with Gasteiger partial charge in [-0.3, -0.25) is 4.79 Å². The second-order valence-electron chi connectivity index (χ2n) is 6.05. The molecule has 5 nitrogen and oxygen atoms in total. The molecule has 0 radical (unpaired) electrons. The molecule has 126 valence electrons. The second kappa shape index (κ2) is 6.37. The molecule has 1 unspecified atom stereocenters. The molecule has 25 heavy (non-hydrogen) atoms. The normalized spacial score (nSPS) is 16.4. The van der Waals surface area contributed by atoms with Crippen molar-refractivity contribution in [2.45, 2.75) is 25.6 Å². The summed E-state index contributed by atoms with van der Waals surface area (Å²) in [6, 6.07) is 14.0. The highest BCUT2D eigenvalue weighted by Crippen LogP contribution is 2.45. The Balaban J connectivity index is 1.82. The van der Waals surface area contributed by atoms with Gasteiger partial charge in [-0.15, -0.1) is 0 Å². The van der Waals surface area contributed by atoms with Crippen molar-refractivity contribution in [3.8, 4) is 0 Å². The Kier molecular flexibility index (Phi) is 4.05. The van der Waals surface area contributed by atoms with E-state index in [1.54, 1.807) is 18.0 Å². The number of pyridine rings is 1. The lowest BCUT2D eigenvalue weighted by Gasteiger charge is -2.21. The van der Waals surface area contributed by atoms with Crippen molar-refractivity contribution in [3.05, 3.63) is 81.4 Å². The molecule has 0 saturated heterocycles. The summed E-state index contributed by atoms with van der Waals surface area (Å²) in [6.45, 7) is 4.63. The Morgan fingerprint density at radius 2 is 1.96 bits per heavy atom. The first kappa shape index (κ1) is 15.9. The third kappa shape index (κ3) is 2.93. The molecule has 1 aliphatic heterocycles. The van der Waals surface area contributed by atoms with Gasteiger partial charge < -0.3 is 4.98 Å². The second-order valence-corrected chi connectivity index (χ2v) is 7.35. The SMILES string of the molecule is CC1=Nc2c(c(C)nn2Cc2ccccc2)C(c2ccc[nH]c2=O)S1. The van der Waals surface area contributed by atoms with Crippen LogP contribution in [0.2, 0.25) is 0 Å². The maximum atomic E-state index is 12.3. The number of hydrogen-bond acceptors (Lipinski definition) is 4. The summed E-state index contributed by atoms with van der Waals surface area (Å²) in [5.41, 5.74) is 3.81. The van der Waals surface area contributed by atoms with Crippen LogP contribution in [0.3, 0.4) is 0 Å². The number of rotatable bonds is 3. The minimum atomic E-state index is -0.0815. The first-order valence-corrected chi connectivity index (χ1v) is 9.02. The zero-order valence-electron chi connectivity index (χ0n) is 14.1. The van der Waals surface area contributed by atoms with Crippen molar-refractivity contribution in [1.82, 2.24) is 14.8 Å². The van der Waals surface area contributed by atoms with E-state index in [9.17, 15) is 4.79 Å². The van der Waals surface area contributed by atoms with Crippen molar-refractivity contribution < 1.29 is 0 Å². The van der Waals surface area contributed by atoms with E-state index in [2.05, 4.69) is 17.1 Å². The molecule has 0 bridgehead atoms. The lowest BCUT2D eigenvalue weighted by atomic mass is 10.1. The monoisotopic (exact) mass is 350 g/mol. The van der Waals surface area contributed by atoms with Crippen LogP contribution in [-0.4, -0.2) is 19.8 Å². The largest absolute Gasteiger partial charge is 0.329 e. The number of hydrogen-bond donors (Lipinski definition) is 1. The van der Waals surface area contributed by atoms with Crippen LogP contribution in [0.5, 0.6) is 0 Å². The standard InChI is InChI=1S/C19H18N4OS/c1-12-16-17(15-9-6-10-20-19(15)24)25-13(2)21-18(16)23(22-12)11-14-7-4-3-5-8-14/h3-10,17H,11H2,1-2H3,(H,20,24). The molecule has 4 rings (SSSR count). The lowest BCUT2D eigenvalue weighted by molar-refractivity contribution is 0.683. The number of aliphatic imine (C=N–C) groups is 1. The van der Waals surface area contributed by atoms with E-state index in [4.69, 9.17) is 10.1 Å². The number of aryl methyl sites for hydroxylation is 1. The van der Waals surface area contributed by atoms with Crippen LogP contribution in [0.4, 0.5) is 5.82 Å². The fourth-order valence-electron chi connectivity index (χ4n) is 3.14. The molecule has 0 aliphatic carbocycles. The summed E-state index contributed by atoms with van der Waals surface area (Å²) in [5, 5.41) is 5.57. The molecular formula is C19H18N4OS. The van der Waals surface area contributed by atoms with E-state index in [0.29, 0.717) is 6.54 Å². The molecule has 3 aromatic rings. The molecule has 1 aromatic carbocycles. The summed E-state index contributed by atoms with van der Waals surface area (Å²) in [6.07, 6.45) is 1.66. The molecule has 2 aromatic heterocycles. The molecule has 0 amide bonds. The highest BCUT2D eigenvalue weighted by atomic mass is 32.2. The van der Waals surface area contributed by atoms with Crippen molar-refractivity contribution in [2.75, 3.05) is 0 Å². The van der Waals surface area contributed by atoms with Crippen molar-refractivity contribution in [3.63, 3.8) is 0 Å². The first-order valence-electron chi connectivity index (χ1n) is 8.14. The number of fused-ring (bicyclic) bond motifs is 1. The molecular weight excluding hydrogens is 332 g/mol. The van der Waals surface area contributed by atoms with Crippen LogP contribution in [0.1, 0.15) is 34.6 Å². The summed E-state index contributed by atoms with van der Waals surface area (Å²) in [5.74, 6) is 0.853. The quantitative estimate of drug-likeness (QED) is 0.781. The maximum absolute atomic E-state index is 12.3. The Morgan fingerprint density at radius 3 is 2.72 bits per heavy atom. The number of H-pyrrole nitrogens is 1. The summed E-state index contributed by atoms with van der Waals surface area (Å²) >= 11 is 1.61. The summed E-state index contributed by atoms with van der Waals surface area (Å²) in [7, 11) is 0. The predicted octanol–water partition coefficient (Wildman–Crippen LogP) is 3.81. The van der Waals surface area contributed by atoms with Crippen molar-refractivity contribution in [2.24, 2.45) is 4.99 Å². The minimum absolute atomic E-state index is 0.0594. The van der Waals surface area contributed by atoms with Crippen LogP contribution in [-0.2, 0) is 6.54 Å². The smallest absolute Gasteiger partial charge is 0.252 e. The number of nitrogens with zero attached hydrogens (tertiary/aromatic N) is 3. The third-order valence-corrected chi connectivity index (χ3v) is 5.42. The van der Waals surface area contributed by atoms with E-state index in [1.807, 2.05) is 48.9 Å². The van der Waals surface area contributed by atoms with Crippen LogP contribution in [0.15, 0.2) is 58.4 Å². The molecule has 1 atom stereocenters. The van der Waals surface area contributed by atoms with Gasteiger partial charge in [0.05, 0.1) is 22.5 Å². The van der Waals surface area contributed by atoms with Crippen molar-refractivity contribution >= 4 is 22.6 Å². The molecule has 0 spiro atoms. The van der Waals surface area contributed by atoms with Gasteiger partial charge in [-0.1, -0.05) is 48.2 Å². The first-order chi connectivity index (χ1) is 12.1. The molecule has 3 heterocycles. The topological polar surface area (TPSA) is 63.0 Å². The number of aromatic nitrogens is 3. The fraction of sp³-hybridized carbons (Fsp3) is 0.211. The number of thioether (sulfide) groups is 1. The van der Waals surface area contributed by atoms with E-state index in [0.717, 1.165) is 27.7 Å². The van der Waals surface area contributed by atoms with Gasteiger partial charge in [0.15, 0.2) is 5.82 Å². The molecule has 1 aliphatic rings. The average molecular weight is 350 g/mol. The Hall–Kier alpha value is -2.60. The van der Waals surface area contributed by atoms with Crippen LogP contribution in [0, 0.1) is 6.92 Å². The molecule has 1 N–H and O–H groups in total. The Labute approximate surface area is 149 Å². The van der Waals surface area contributed by atoms with E-state index in [1.165, 1.54) is 5.56 Å². The highest BCUT2D eigenvalue weighted by molar-refractivity contribution is 8.14. The van der Waals surface area contributed by atoms with Gasteiger partial charge in [-0.25, -0.2) is 9.67 Å². The maximum Gasteiger partial charge on any atom is 0.252 e. The van der Waals surface area contributed by atoms with Gasteiger partial charge in [0.2, 0.25) is 0 Å². The fourth-order valence-corrected chi connectivity index (χ4v) is 4.33. The highest BCUT2D eigenvalue weighted by Gasteiger charge is 2.31. The van der Waals surface area contributed by atoms with Crippen LogP contribution >= 0.6 is 11.8 Å². The van der Waals surface area contributed by atoms with Crippen molar-refractivity contribution in [1.29, 1.82) is 0 Å². The van der Waals surface area contributed by atoms with Gasteiger partial charge in [0.25, 0.3) is 5.56 Å². The molecule has 0 saturated carbocycles. The van der Waals surface area contributed by atoms with Crippen LogP contribution < -0.4 is 5.56 Å². The van der Waals surface area contributed by atoms with Gasteiger partial charge in [-0.2, -0.15) is 5.10 Å². The molecule has 6 heteroatoms. The van der Waals surface area contributed by atoms with Gasteiger partial charge in [0.1, 0.15) is 0 Å².